The lowest BCUT2D eigenvalue weighted by molar-refractivity contribution is 0.0426. The van der Waals surface area contributed by atoms with Crippen LogP contribution in [-0.2, 0) is 4.74 Å². The van der Waals surface area contributed by atoms with E-state index >= 15 is 0 Å². The van der Waals surface area contributed by atoms with Crippen molar-refractivity contribution in [1.82, 2.24) is 0 Å². The molecule has 0 aliphatic carbocycles. The molecular formula is C15H20O2. The normalized spacial score (nSPS) is 33.5. The van der Waals surface area contributed by atoms with E-state index in [4.69, 9.17) is 9.47 Å². The predicted octanol–water partition coefficient (Wildman–Crippen LogP) is 3.86. The lowest BCUT2D eigenvalue weighted by atomic mass is 9.88. The van der Waals surface area contributed by atoms with Crippen molar-refractivity contribution >= 4 is 0 Å². The molecule has 0 aromatic heterocycles. The van der Waals surface area contributed by atoms with Gasteiger partial charge >= 0.3 is 0 Å². The number of hydrogen-bond donors (Lipinski definition) is 0. The van der Waals surface area contributed by atoms with Crippen molar-refractivity contribution in [2.75, 3.05) is 0 Å². The summed E-state index contributed by atoms with van der Waals surface area (Å²) in [6.45, 7) is 4.43. The topological polar surface area (TPSA) is 21.8 Å². The fourth-order valence-electron chi connectivity index (χ4n) is 2.85. The Balaban J connectivity index is 1.78. The van der Waals surface area contributed by atoms with Gasteiger partial charge in [0, 0.05) is 5.56 Å². The number of rotatable bonds is 4. The molecule has 0 spiro atoms. The van der Waals surface area contributed by atoms with E-state index in [0.717, 1.165) is 12.2 Å². The number of benzene rings is 1. The average molecular weight is 232 g/mol. The van der Waals surface area contributed by atoms with Crippen LogP contribution in [0.4, 0.5) is 0 Å². The Morgan fingerprint density at radius 1 is 1.24 bits per heavy atom. The van der Waals surface area contributed by atoms with Crippen LogP contribution >= 0.6 is 0 Å². The van der Waals surface area contributed by atoms with Gasteiger partial charge in [0.25, 0.3) is 0 Å². The largest absolute Gasteiger partial charge is 0.484 e. The van der Waals surface area contributed by atoms with E-state index in [0.29, 0.717) is 0 Å². The van der Waals surface area contributed by atoms with Gasteiger partial charge in [-0.15, -0.1) is 0 Å². The Kier molecular flexibility index (Phi) is 2.62. The monoisotopic (exact) mass is 232 g/mol. The molecule has 2 aliphatic rings. The second kappa shape index (κ2) is 4.02. The minimum absolute atomic E-state index is 0.117. The predicted molar refractivity (Wildman–Crippen MR) is 67.2 cm³/mol. The number of unbranched alkanes of at least 4 members (excludes halogenated alkanes) is 2. The summed E-state index contributed by atoms with van der Waals surface area (Å²) in [6, 6.07) is 8.27. The first kappa shape index (κ1) is 11.1. The van der Waals surface area contributed by atoms with Gasteiger partial charge in [-0.25, -0.2) is 0 Å². The van der Waals surface area contributed by atoms with E-state index in [2.05, 4.69) is 32.0 Å². The van der Waals surface area contributed by atoms with Crippen LogP contribution in [0.15, 0.2) is 24.3 Å². The first-order valence-electron chi connectivity index (χ1n) is 6.68. The molecule has 0 bridgehead atoms. The third kappa shape index (κ3) is 1.85. The zero-order chi connectivity index (χ0) is 11.9. The summed E-state index contributed by atoms with van der Waals surface area (Å²) in [7, 11) is 0. The Morgan fingerprint density at radius 3 is 2.88 bits per heavy atom. The molecule has 2 heterocycles. The van der Waals surface area contributed by atoms with Gasteiger partial charge in [0.2, 0.25) is 0 Å². The summed E-state index contributed by atoms with van der Waals surface area (Å²) in [4.78, 5) is 0. The maximum Gasteiger partial charge on any atom is 0.135 e. The number of para-hydroxylation sites is 1. The minimum atomic E-state index is -0.117. The number of fused-ring (bicyclic) bond motifs is 3. The maximum atomic E-state index is 6.19. The number of epoxide rings is 1. The second-order valence-electron chi connectivity index (χ2n) is 5.39. The van der Waals surface area contributed by atoms with Gasteiger partial charge in [-0.1, -0.05) is 38.0 Å². The fourth-order valence-corrected chi connectivity index (χ4v) is 2.85. The molecule has 17 heavy (non-hydrogen) atoms. The van der Waals surface area contributed by atoms with E-state index in [-0.39, 0.29) is 17.8 Å². The Bertz CT molecular complexity index is 415. The summed E-state index contributed by atoms with van der Waals surface area (Å²) in [5.74, 6) is 1.02. The van der Waals surface area contributed by atoms with Gasteiger partial charge in [0.1, 0.15) is 23.6 Å². The zero-order valence-electron chi connectivity index (χ0n) is 10.6. The Hall–Kier alpha value is -1.02. The van der Waals surface area contributed by atoms with Crippen LogP contribution in [0.25, 0.3) is 0 Å². The molecule has 2 heteroatoms. The molecule has 0 saturated carbocycles. The van der Waals surface area contributed by atoms with Gasteiger partial charge in [-0.05, 0) is 25.8 Å². The number of ether oxygens (including phenoxy) is 2. The van der Waals surface area contributed by atoms with E-state index in [1.807, 2.05) is 6.07 Å². The van der Waals surface area contributed by atoms with Gasteiger partial charge < -0.3 is 9.47 Å². The summed E-state index contributed by atoms with van der Waals surface area (Å²) in [5, 5.41) is 0. The van der Waals surface area contributed by atoms with Gasteiger partial charge in [0.05, 0.1) is 0 Å². The standard InChI is InChI=1S/C15H20O2/c1-3-4-7-10-15(2)14-13(16-14)11-8-5-6-9-12(11)17-15/h5-6,8-9,13-14H,3-4,7,10H2,1-2H3. The van der Waals surface area contributed by atoms with Crippen LogP contribution < -0.4 is 4.74 Å². The molecule has 2 aliphatic heterocycles. The van der Waals surface area contributed by atoms with Crippen molar-refractivity contribution in [1.29, 1.82) is 0 Å². The number of hydrogen-bond acceptors (Lipinski definition) is 2. The van der Waals surface area contributed by atoms with Crippen molar-refractivity contribution in [2.45, 2.75) is 57.3 Å². The smallest absolute Gasteiger partial charge is 0.135 e. The fraction of sp³-hybridized carbons (Fsp3) is 0.600. The highest BCUT2D eigenvalue weighted by molar-refractivity contribution is 5.42. The summed E-state index contributed by atoms with van der Waals surface area (Å²) >= 11 is 0. The van der Waals surface area contributed by atoms with E-state index in [1.54, 1.807) is 0 Å². The highest BCUT2D eigenvalue weighted by atomic mass is 16.6. The van der Waals surface area contributed by atoms with E-state index in [1.165, 1.54) is 24.8 Å². The molecule has 1 aromatic rings. The molecule has 2 nitrogen and oxygen atoms in total. The van der Waals surface area contributed by atoms with Crippen molar-refractivity contribution in [3.8, 4) is 5.75 Å². The Labute approximate surface area is 103 Å². The van der Waals surface area contributed by atoms with Crippen molar-refractivity contribution in [3.05, 3.63) is 29.8 Å². The molecule has 0 N–H and O–H groups in total. The van der Waals surface area contributed by atoms with Gasteiger partial charge in [-0.3, -0.25) is 0 Å². The highest BCUT2D eigenvalue weighted by Gasteiger charge is 2.58. The first-order chi connectivity index (χ1) is 8.24. The van der Waals surface area contributed by atoms with Crippen LogP contribution in [0, 0.1) is 0 Å². The molecule has 3 rings (SSSR count). The van der Waals surface area contributed by atoms with E-state index in [9.17, 15) is 0 Å². The van der Waals surface area contributed by atoms with Crippen molar-refractivity contribution < 1.29 is 9.47 Å². The molecule has 1 saturated heterocycles. The Morgan fingerprint density at radius 2 is 2.06 bits per heavy atom. The third-order valence-corrected chi connectivity index (χ3v) is 3.94. The highest BCUT2D eigenvalue weighted by Crippen LogP contribution is 2.54. The minimum Gasteiger partial charge on any atom is -0.484 e. The molecule has 3 atom stereocenters. The quantitative estimate of drug-likeness (QED) is 0.581. The molecule has 92 valence electrons. The summed E-state index contributed by atoms with van der Waals surface area (Å²) < 4.78 is 12.0. The third-order valence-electron chi connectivity index (χ3n) is 3.94. The molecule has 0 amide bonds. The van der Waals surface area contributed by atoms with Crippen LogP contribution in [0.2, 0.25) is 0 Å². The van der Waals surface area contributed by atoms with Crippen LogP contribution in [-0.4, -0.2) is 11.7 Å². The lowest BCUT2D eigenvalue weighted by Gasteiger charge is -2.33. The average Bonchev–Trinajstić information content (AvgIpc) is 3.11. The molecule has 1 fully saturated rings. The first-order valence-corrected chi connectivity index (χ1v) is 6.68. The van der Waals surface area contributed by atoms with Gasteiger partial charge in [-0.2, -0.15) is 0 Å². The SMILES string of the molecule is CCCCCC1(C)Oc2ccccc2C2OC21. The summed E-state index contributed by atoms with van der Waals surface area (Å²) in [5.41, 5.74) is 1.11. The van der Waals surface area contributed by atoms with Crippen LogP contribution in [0.5, 0.6) is 5.75 Å². The molecule has 0 radical (unpaired) electrons. The van der Waals surface area contributed by atoms with Crippen molar-refractivity contribution in [3.63, 3.8) is 0 Å². The molecule has 1 aromatic carbocycles. The second-order valence-corrected chi connectivity index (χ2v) is 5.39. The maximum absolute atomic E-state index is 6.19. The van der Waals surface area contributed by atoms with E-state index < -0.39 is 0 Å². The van der Waals surface area contributed by atoms with Crippen molar-refractivity contribution in [2.24, 2.45) is 0 Å². The van der Waals surface area contributed by atoms with Crippen LogP contribution in [0.1, 0.15) is 51.2 Å². The molecular weight excluding hydrogens is 212 g/mol. The lowest BCUT2D eigenvalue weighted by Crippen LogP contribution is -2.41. The van der Waals surface area contributed by atoms with Gasteiger partial charge in [0.15, 0.2) is 0 Å². The molecule has 3 unspecified atom stereocenters. The van der Waals surface area contributed by atoms with Crippen LogP contribution in [0.3, 0.4) is 0 Å². The zero-order valence-corrected chi connectivity index (χ0v) is 10.6. The summed E-state index contributed by atoms with van der Waals surface area (Å²) in [6.07, 6.45) is 5.40.